The number of rotatable bonds is 4. The van der Waals surface area contributed by atoms with E-state index in [2.05, 4.69) is 20.8 Å². The third-order valence-corrected chi connectivity index (χ3v) is 11.0. The highest BCUT2D eigenvalue weighted by atomic mass is 19.4. The molecular weight excluding hydrogens is 401 g/mol. The molecule has 2 N–H and O–H groups in total. The lowest BCUT2D eigenvalue weighted by atomic mass is 9.43. The van der Waals surface area contributed by atoms with Crippen molar-refractivity contribution in [2.24, 2.45) is 46.3 Å². The van der Waals surface area contributed by atoms with Crippen LogP contribution in [0.4, 0.5) is 13.2 Å². The predicted octanol–water partition coefficient (Wildman–Crippen LogP) is 6.74. The van der Waals surface area contributed by atoms with Crippen LogP contribution in [-0.2, 0) is 0 Å². The molecule has 0 aromatic rings. The lowest BCUT2D eigenvalue weighted by Crippen LogP contribution is -2.55. The van der Waals surface area contributed by atoms with E-state index in [4.69, 9.17) is 0 Å². The number of fused-ring (bicyclic) bond motifs is 5. The Morgan fingerprint density at radius 2 is 1.55 bits per heavy atom. The van der Waals surface area contributed by atoms with E-state index in [1.165, 1.54) is 32.1 Å². The molecule has 0 aromatic carbocycles. The fourth-order valence-corrected chi connectivity index (χ4v) is 9.19. The molecule has 4 saturated carbocycles. The maximum absolute atomic E-state index is 12.8. The monoisotopic (exact) mass is 444 g/mol. The lowest BCUT2D eigenvalue weighted by molar-refractivity contribution is -0.206. The van der Waals surface area contributed by atoms with E-state index in [0.717, 1.165) is 37.5 Å². The second-order valence-electron chi connectivity index (χ2n) is 12.7. The van der Waals surface area contributed by atoms with Gasteiger partial charge in [0.05, 0.1) is 5.60 Å². The topological polar surface area (TPSA) is 40.5 Å². The second-order valence-corrected chi connectivity index (χ2v) is 12.7. The number of aliphatic hydroxyl groups is 2. The molecule has 0 aromatic heterocycles. The van der Waals surface area contributed by atoms with Gasteiger partial charge in [-0.2, -0.15) is 13.2 Å². The molecule has 10 atom stereocenters. The Morgan fingerprint density at radius 1 is 0.871 bits per heavy atom. The zero-order valence-corrected chi connectivity index (χ0v) is 19.8. The molecule has 5 heteroatoms. The smallest absolute Gasteiger partial charge is 0.390 e. The summed E-state index contributed by atoms with van der Waals surface area (Å²) in [5.41, 5.74) is 0.0647. The molecule has 4 fully saturated rings. The van der Waals surface area contributed by atoms with E-state index < -0.39 is 17.9 Å². The van der Waals surface area contributed by atoms with Gasteiger partial charge >= 0.3 is 6.18 Å². The van der Waals surface area contributed by atoms with E-state index in [9.17, 15) is 23.4 Å². The fourth-order valence-electron chi connectivity index (χ4n) is 9.19. The molecule has 0 spiro atoms. The molecule has 0 saturated heterocycles. The van der Waals surface area contributed by atoms with Crippen molar-refractivity contribution in [2.75, 3.05) is 0 Å². The molecule has 0 aliphatic heterocycles. The van der Waals surface area contributed by atoms with E-state index >= 15 is 0 Å². The number of halogens is 3. The van der Waals surface area contributed by atoms with Crippen LogP contribution in [0.15, 0.2) is 0 Å². The summed E-state index contributed by atoms with van der Waals surface area (Å²) in [6.07, 6.45) is 3.82. The van der Waals surface area contributed by atoms with Crippen LogP contribution >= 0.6 is 0 Å². The fraction of sp³-hybridized carbons (Fsp3) is 1.00. The first-order chi connectivity index (χ1) is 14.3. The zero-order chi connectivity index (χ0) is 22.8. The van der Waals surface area contributed by atoms with Crippen molar-refractivity contribution < 1.29 is 23.4 Å². The van der Waals surface area contributed by atoms with Gasteiger partial charge in [-0.3, -0.25) is 0 Å². The van der Waals surface area contributed by atoms with Crippen molar-refractivity contribution in [3.05, 3.63) is 0 Å². The first-order valence-electron chi connectivity index (χ1n) is 12.7. The summed E-state index contributed by atoms with van der Waals surface area (Å²) in [7, 11) is 0. The van der Waals surface area contributed by atoms with Gasteiger partial charge in [0.15, 0.2) is 0 Å². The van der Waals surface area contributed by atoms with Gasteiger partial charge in [0.2, 0.25) is 0 Å². The summed E-state index contributed by atoms with van der Waals surface area (Å²) in [6, 6.07) is 0. The average Bonchev–Trinajstić information content (AvgIpc) is 3.02. The minimum Gasteiger partial charge on any atom is -0.390 e. The van der Waals surface area contributed by atoms with Gasteiger partial charge in [-0.05, 0) is 124 Å². The third-order valence-electron chi connectivity index (χ3n) is 11.0. The van der Waals surface area contributed by atoms with Crippen LogP contribution in [0.3, 0.4) is 0 Å². The first kappa shape index (κ1) is 23.9. The molecule has 4 rings (SSSR count). The Bertz CT molecular complexity index is 662. The van der Waals surface area contributed by atoms with Gasteiger partial charge in [-0.25, -0.2) is 0 Å². The number of aliphatic hydroxyl groups excluding tert-OH is 1. The maximum Gasteiger partial charge on any atom is 0.414 e. The highest BCUT2D eigenvalue weighted by Crippen LogP contribution is 2.68. The Morgan fingerprint density at radius 3 is 2.23 bits per heavy atom. The summed E-state index contributed by atoms with van der Waals surface area (Å²) in [6.45, 7) is 9.06. The molecule has 0 amide bonds. The average molecular weight is 445 g/mol. The molecule has 0 bridgehead atoms. The summed E-state index contributed by atoms with van der Waals surface area (Å²) < 4.78 is 38.3. The highest BCUT2D eigenvalue weighted by molar-refractivity contribution is 5.10. The quantitative estimate of drug-likeness (QED) is 0.504. The van der Waals surface area contributed by atoms with E-state index in [0.29, 0.717) is 29.6 Å². The van der Waals surface area contributed by atoms with Gasteiger partial charge in [0.25, 0.3) is 0 Å². The maximum atomic E-state index is 12.8. The Balaban J connectivity index is 1.45. The number of hydrogen-bond acceptors (Lipinski definition) is 2. The molecule has 180 valence electrons. The van der Waals surface area contributed by atoms with Crippen LogP contribution in [0, 0.1) is 46.3 Å². The SMILES string of the molecule is C[C@H](CC[C@@H](O)C(F)(F)F)[C@H]1CCC2[C@@H]3CC[C@@H]4C[C@@](C)(O)CC[C@]4(C)C3CC[C@@]21C. The Labute approximate surface area is 186 Å². The lowest BCUT2D eigenvalue weighted by Gasteiger charge is -2.62. The first-order valence-corrected chi connectivity index (χ1v) is 12.7. The predicted molar refractivity (Wildman–Crippen MR) is 116 cm³/mol. The minimum absolute atomic E-state index is 0.173. The largest absolute Gasteiger partial charge is 0.414 e. The van der Waals surface area contributed by atoms with Crippen molar-refractivity contribution in [3.63, 3.8) is 0 Å². The summed E-state index contributed by atoms with van der Waals surface area (Å²) >= 11 is 0. The second kappa shape index (κ2) is 7.89. The minimum atomic E-state index is -4.50. The van der Waals surface area contributed by atoms with Crippen LogP contribution < -0.4 is 0 Å². The molecule has 0 heterocycles. The Hall–Kier alpha value is -0.290. The molecular formula is C26H43F3O2. The summed E-state index contributed by atoms with van der Waals surface area (Å²) in [4.78, 5) is 0. The van der Waals surface area contributed by atoms with Crippen LogP contribution in [0.1, 0.15) is 98.3 Å². The van der Waals surface area contributed by atoms with E-state index in [-0.39, 0.29) is 17.8 Å². The van der Waals surface area contributed by atoms with Gasteiger partial charge in [0.1, 0.15) is 6.10 Å². The highest BCUT2D eigenvalue weighted by Gasteiger charge is 2.61. The van der Waals surface area contributed by atoms with Gasteiger partial charge in [-0.15, -0.1) is 0 Å². The van der Waals surface area contributed by atoms with Gasteiger partial charge in [0, 0.05) is 0 Å². The van der Waals surface area contributed by atoms with Crippen molar-refractivity contribution in [3.8, 4) is 0 Å². The normalized spacial score (nSPS) is 49.6. The van der Waals surface area contributed by atoms with Crippen LogP contribution in [0.5, 0.6) is 0 Å². The van der Waals surface area contributed by atoms with Crippen LogP contribution in [-0.4, -0.2) is 28.1 Å². The molecule has 2 nitrogen and oxygen atoms in total. The molecule has 4 aliphatic rings. The molecule has 2 unspecified atom stereocenters. The number of alkyl halides is 3. The van der Waals surface area contributed by atoms with Crippen LogP contribution in [0.25, 0.3) is 0 Å². The molecule has 31 heavy (non-hydrogen) atoms. The van der Waals surface area contributed by atoms with Crippen molar-refractivity contribution in [2.45, 2.75) is 116 Å². The van der Waals surface area contributed by atoms with E-state index in [1.54, 1.807) is 0 Å². The van der Waals surface area contributed by atoms with Crippen molar-refractivity contribution in [1.29, 1.82) is 0 Å². The summed E-state index contributed by atoms with van der Waals surface area (Å²) in [5, 5.41) is 20.1. The summed E-state index contributed by atoms with van der Waals surface area (Å²) in [5.74, 6) is 3.48. The van der Waals surface area contributed by atoms with Gasteiger partial charge < -0.3 is 10.2 Å². The third kappa shape index (κ3) is 4.09. The van der Waals surface area contributed by atoms with Crippen molar-refractivity contribution >= 4 is 0 Å². The van der Waals surface area contributed by atoms with Crippen LogP contribution in [0.2, 0.25) is 0 Å². The molecule has 0 radical (unpaired) electrons. The standard InChI is InChI=1S/C26H43F3O2/c1-16(5-10-22(30)26(27,28)29)19-8-9-20-18-7-6-17-15-23(2,31)13-14-24(17,3)21(18)11-12-25(19,20)4/h16-22,30-31H,5-15H2,1-4H3/t16-,17-,18+,19-,20?,21?,22-,23+,24+,25-/m1/s1. The molecule has 4 aliphatic carbocycles. The van der Waals surface area contributed by atoms with E-state index in [1.807, 2.05) is 6.92 Å². The number of hydrogen-bond donors (Lipinski definition) is 2. The van der Waals surface area contributed by atoms with Crippen molar-refractivity contribution in [1.82, 2.24) is 0 Å². The Kier molecular flexibility index (Phi) is 6.07. The van der Waals surface area contributed by atoms with Gasteiger partial charge in [-0.1, -0.05) is 20.8 Å². The zero-order valence-electron chi connectivity index (χ0n) is 19.8.